The summed E-state index contributed by atoms with van der Waals surface area (Å²) in [7, 11) is 0. The van der Waals surface area contributed by atoms with Gasteiger partial charge in [0.25, 0.3) is 0 Å². The molecule has 5 heteroatoms. The molecule has 1 fully saturated rings. The largest absolute Gasteiger partial charge is 0.394 e. The maximum atomic E-state index is 9.52. The van der Waals surface area contributed by atoms with E-state index in [0.717, 1.165) is 11.0 Å². The predicted octanol–water partition coefficient (Wildman–Crippen LogP) is 2.41. The average molecular weight is 255 g/mol. The van der Waals surface area contributed by atoms with E-state index in [4.69, 9.17) is 0 Å². The summed E-state index contributed by atoms with van der Waals surface area (Å²) < 4.78 is 4.37. The second kappa shape index (κ2) is 4.21. The lowest BCUT2D eigenvalue weighted by molar-refractivity contribution is 0.206. The van der Waals surface area contributed by atoms with Crippen molar-refractivity contribution in [1.82, 2.24) is 9.36 Å². The van der Waals surface area contributed by atoms with Gasteiger partial charge in [-0.2, -0.15) is 4.37 Å². The van der Waals surface area contributed by atoms with Crippen molar-refractivity contribution in [3.05, 3.63) is 5.82 Å². The maximum Gasteiger partial charge on any atom is 0.203 e. The van der Waals surface area contributed by atoms with Gasteiger partial charge in [-0.05, 0) is 25.7 Å². The maximum absolute atomic E-state index is 9.52. The summed E-state index contributed by atoms with van der Waals surface area (Å²) in [6, 6.07) is 0. The van der Waals surface area contributed by atoms with Gasteiger partial charge in [0, 0.05) is 16.9 Å². The van der Waals surface area contributed by atoms with Gasteiger partial charge in [0.2, 0.25) is 5.13 Å². The quantitative estimate of drug-likeness (QED) is 0.867. The Balaban J connectivity index is 2.10. The number of rotatable bonds is 4. The molecule has 0 spiro atoms. The number of nitrogens with one attached hydrogen (secondary N) is 1. The van der Waals surface area contributed by atoms with Crippen LogP contribution in [0.2, 0.25) is 0 Å². The molecule has 2 N–H and O–H groups in total. The standard InChI is InChI=1S/C12H21N3OS/c1-11(2,3)9-13-10(17-15-9)14-12(4,7-16)8-5-6-8/h8,16H,5-7H2,1-4H3,(H,13,14,15). The van der Waals surface area contributed by atoms with Crippen molar-refractivity contribution in [2.24, 2.45) is 5.92 Å². The first-order chi connectivity index (χ1) is 7.85. The minimum atomic E-state index is -0.241. The molecule has 17 heavy (non-hydrogen) atoms. The van der Waals surface area contributed by atoms with Crippen LogP contribution in [-0.4, -0.2) is 26.6 Å². The van der Waals surface area contributed by atoms with Gasteiger partial charge < -0.3 is 10.4 Å². The van der Waals surface area contributed by atoms with E-state index < -0.39 is 0 Å². The molecule has 1 aromatic rings. The van der Waals surface area contributed by atoms with Crippen LogP contribution in [0.1, 0.15) is 46.4 Å². The summed E-state index contributed by atoms with van der Waals surface area (Å²) in [6.45, 7) is 8.51. The molecule has 1 aliphatic rings. The van der Waals surface area contributed by atoms with Crippen LogP contribution in [0.5, 0.6) is 0 Å². The van der Waals surface area contributed by atoms with Gasteiger partial charge in [0.1, 0.15) is 5.82 Å². The second-order valence-electron chi connectivity index (χ2n) is 6.15. The van der Waals surface area contributed by atoms with E-state index >= 15 is 0 Å². The summed E-state index contributed by atoms with van der Waals surface area (Å²) in [5, 5.41) is 13.7. The molecule has 1 heterocycles. The van der Waals surface area contributed by atoms with Gasteiger partial charge in [0.05, 0.1) is 12.1 Å². The minimum absolute atomic E-state index is 0.0222. The Labute approximate surface area is 107 Å². The van der Waals surface area contributed by atoms with Gasteiger partial charge in [-0.3, -0.25) is 0 Å². The van der Waals surface area contributed by atoms with E-state index in [9.17, 15) is 5.11 Å². The Morgan fingerprint density at radius 2 is 2.00 bits per heavy atom. The number of anilines is 1. The Morgan fingerprint density at radius 3 is 2.41 bits per heavy atom. The fraction of sp³-hybridized carbons (Fsp3) is 0.833. The third-order valence-corrected chi connectivity index (χ3v) is 3.93. The second-order valence-corrected chi connectivity index (χ2v) is 6.90. The van der Waals surface area contributed by atoms with E-state index in [1.54, 1.807) is 0 Å². The normalized spacial score (nSPS) is 20.1. The van der Waals surface area contributed by atoms with Crippen LogP contribution in [-0.2, 0) is 5.41 Å². The molecular formula is C12H21N3OS. The van der Waals surface area contributed by atoms with Crippen LogP contribution >= 0.6 is 11.5 Å². The first-order valence-electron chi connectivity index (χ1n) is 6.08. The lowest BCUT2D eigenvalue weighted by Crippen LogP contribution is -2.41. The van der Waals surface area contributed by atoms with Crippen molar-refractivity contribution in [3.63, 3.8) is 0 Å². The number of aliphatic hydroxyl groups is 1. The van der Waals surface area contributed by atoms with Crippen LogP contribution in [0.3, 0.4) is 0 Å². The third kappa shape index (κ3) is 2.77. The summed E-state index contributed by atoms with van der Waals surface area (Å²) in [6.07, 6.45) is 2.38. The lowest BCUT2D eigenvalue weighted by atomic mass is 9.96. The molecule has 1 saturated carbocycles. The molecular weight excluding hydrogens is 234 g/mol. The Kier molecular flexibility index (Phi) is 3.16. The Bertz CT molecular complexity index is 395. The van der Waals surface area contributed by atoms with Crippen LogP contribution in [0.4, 0.5) is 5.13 Å². The SMILES string of the molecule is CC(C)(C)c1nsc(NC(C)(CO)C2CC2)n1. The highest BCUT2D eigenvalue weighted by molar-refractivity contribution is 7.09. The highest BCUT2D eigenvalue weighted by Gasteiger charge is 2.41. The van der Waals surface area contributed by atoms with Gasteiger partial charge >= 0.3 is 0 Å². The lowest BCUT2D eigenvalue weighted by Gasteiger charge is -2.28. The van der Waals surface area contributed by atoms with Crippen molar-refractivity contribution in [3.8, 4) is 0 Å². The first kappa shape index (κ1) is 12.8. The zero-order valence-corrected chi connectivity index (χ0v) is 11.8. The van der Waals surface area contributed by atoms with E-state index in [1.807, 2.05) is 0 Å². The third-order valence-electron chi connectivity index (χ3n) is 3.30. The molecule has 2 rings (SSSR count). The molecule has 0 saturated heterocycles. The predicted molar refractivity (Wildman–Crippen MR) is 70.4 cm³/mol. The van der Waals surface area contributed by atoms with Gasteiger partial charge in [-0.15, -0.1) is 0 Å². The molecule has 0 aromatic carbocycles. The molecule has 1 atom stereocenters. The summed E-state index contributed by atoms with van der Waals surface area (Å²) >= 11 is 1.38. The van der Waals surface area contributed by atoms with Crippen LogP contribution in [0, 0.1) is 5.92 Å². The van der Waals surface area contributed by atoms with Gasteiger partial charge in [0.15, 0.2) is 0 Å². The molecule has 0 radical (unpaired) electrons. The molecule has 1 aliphatic carbocycles. The fourth-order valence-corrected chi connectivity index (χ4v) is 2.71. The smallest absolute Gasteiger partial charge is 0.203 e. The zero-order valence-electron chi connectivity index (χ0n) is 10.9. The van der Waals surface area contributed by atoms with E-state index in [1.165, 1.54) is 24.4 Å². The molecule has 4 nitrogen and oxygen atoms in total. The van der Waals surface area contributed by atoms with Crippen LogP contribution in [0.15, 0.2) is 0 Å². The van der Waals surface area contributed by atoms with Crippen LogP contribution < -0.4 is 5.32 Å². The number of hydrogen-bond donors (Lipinski definition) is 2. The Morgan fingerprint density at radius 1 is 1.35 bits per heavy atom. The topological polar surface area (TPSA) is 58.0 Å². The molecule has 0 bridgehead atoms. The van der Waals surface area contributed by atoms with Crippen molar-refractivity contribution in [2.75, 3.05) is 11.9 Å². The number of aromatic nitrogens is 2. The Hall–Kier alpha value is -0.680. The minimum Gasteiger partial charge on any atom is -0.394 e. The van der Waals surface area contributed by atoms with Crippen molar-refractivity contribution >= 4 is 16.7 Å². The zero-order chi connectivity index (χ0) is 12.7. The van der Waals surface area contributed by atoms with E-state index in [2.05, 4.69) is 42.4 Å². The van der Waals surface area contributed by atoms with Gasteiger partial charge in [-0.25, -0.2) is 4.98 Å². The number of hydrogen-bond acceptors (Lipinski definition) is 5. The highest BCUT2D eigenvalue weighted by Crippen LogP contribution is 2.41. The summed E-state index contributed by atoms with van der Waals surface area (Å²) in [5.74, 6) is 1.43. The number of nitrogens with zero attached hydrogens (tertiary/aromatic N) is 2. The average Bonchev–Trinajstić information content (AvgIpc) is 2.99. The summed E-state index contributed by atoms with van der Waals surface area (Å²) in [4.78, 5) is 4.51. The number of aliphatic hydroxyl groups excluding tert-OH is 1. The van der Waals surface area contributed by atoms with Crippen molar-refractivity contribution < 1.29 is 5.11 Å². The van der Waals surface area contributed by atoms with E-state index in [0.29, 0.717) is 5.92 Å². The molecule has 0 amide bonds. The van der Waals surface area contributed by atoms with Crippen molar-refractivity contribution in [2.45, 2.75) is 51.5 Å². The monoisotopic (exact) mass is 255 g/mol. The van der Waals surface area contributed by atoms with E-state index in [-0.39, 0.29) is 17.6 Å². The molecule has 96 valence electrons. The van der Waals surface area contributed by atoms with Crippen molar-refractivity contribution in [1.29, 1.82) is 0 Å². The van der Waals surface area contributed by atoms with Crippen LogP contribution in [0.25, 0.3) is 0 Å². The molecule has 0 aliphatic heterocycles. The first-order valence-corrected chi connectivity index (χ1v) is 6.86. The van der Waals surface area contributed by atoms with Gasteiger partial charge in [-0.1, -0.05) is 20.8 Å². The summed E-state index contributed by atoms with van der Waals surface area (Å²) in [5.41, 5.74) is -0.264. The molecule has 1 unspecified atom stereocenters. The fourth-order valence-electron chi connectivity index (χ4n) is 1.81. The highest BCUT2D eigenvalue weighted by atomic mass is 32.1. The molecule has 1 aromatic heterocycles.